The average Bonchev–Trinajstić information content (AvgIpc) is 3.06. The Kier molecular flexibility index (Phi) is 4.40. The lowest BCUT2D eigenvalue weighted by Gasteiger charge is -2.31. The van der Waals surface area contributed by atoms with Crippen molar-refractivity contribution in [2.45, 2.75) is 51.5 Å². The summed E-state index contributed by atoms with van der Waals surface area (Å²) in [4.78, 5) is 0. The van der Waals surface area contributed by atoms with Crippen LogP contribution < -0.4 is 5.32 Å². The minimum atomic E-state index is -0.107. The maximum atomic E-state index is 13.4. The van der Waals surface area contributed by atoms with Crippen molar-refractivity contribution in [3.05, 3.63) is 35.6 Å². The molecule has 20 heavy (non-hydrogen) atoms. The number of fused-ring (bicyclic) bond motifs is 2. The van der Waals surface area contributed by atoms with Crippen molar-refractivity contribution in [2.24, 2.45) is 17.8 Å². The molecule has 1 N–H and O–H groups in total. The summed E-state index contributed by atoms with van der Waals surface area (Å²) < 4.78 is 13.4. The third kappa shape index (κ3) is 3.06. The fraction of sp³-hybridized carbons (Fsp3) is 0.667. The second-order valence-electron chi connectivity index (χ2n) is 6.73. The zero-order valence-corrected chi connectivity index (χ0v) is 12.4. The summed E-state index contributed by atoms with van der Waals surface area (Å²) in [6.45, 7) is 3.29. The van der Waals surface area contributed by atoms with E-state index in [0.29, 0.717) is 6.04 Å². The molecule has 0 amide bonds. The summed E-state index contributed by atoms with van der Waals surface area (Å²) in [5.74, 6) is 2.60. The molecule has 3 rings (SSSR count). The molecule has 0 saturated heterocycles. The fourth-order valence-corrected chi connectivity index (χ4v) is 4.41. The molecule has 0 aromatic heterocycles. The first kappa shape index (κ1) is 14.1. The first-order valence-corrected chi connectivity index (χ1v) is 8.24. The van der Waals surface area contributed by atoms with Gasteiger partial charge in [0.25, 0.3) is 0 Å². The van der Waals surface area contributed by atoms with Crippen LogP contribution in [0.2, 0.25) is 0 Å². The molecule has 1 aromatic carbocycles. The lowest BCUT2D eigenvalue weighted by atomic mass is 9.81. The van der Waals surface area contributed by atoms with Gasteiger partial charge in [-0.1, -0.05) is 25.5 Å². The van der Waals surface area contributed by atoms with Crippen LogP contribution in [0.25, 0.3) is 0 Å². The van der Waals surface area contributed by atoms with Crippen LogP contribution in [0.15, 0.2) is 24.3 Å². The summed E-state index contributed by atoms with van der Waals surface area (Å²) in [6.07, 6.45) is 7.84. The van der Waals surface area contributed by atoms with Crippen molar-refractivity contribution < 1.29 is 4.39 Å². The smallest absolute Gasteiger partial charge is 0.123 e. The van der Waals surface area contributed by atoms with Crippen LogP contribution in [0.1, 0.15) is 44.6 Å². The van der Waals surface area contributed by atoms with E-state index in [1.54, 1.807) is 6.07 Å². The van der Waals surface area contributed by atoms with E-state index < -0.39 is 0 Å². The van der Waals surface area contributed by atoms with E-state index in [2.05, 4.69) is 18.3 Å². The number of halogens is 1. The molecular weight excluding hydrogens is 249 g/mol. The number of rotatable bonds is 6. The quantitative estimate of drug-likeness (QED) is 0.821. The van der Waals surface area contributed by atoms with Crippen LogP contribution in [0, 0.1) is 23.6 Å². The maximum absolute atomic E-state index is 13.4. The van der Waals surface area contributed by atoms with Gasteiger partial charge >= 0.3 is 0 Å². The van der Waals surface area contributed by atoms with Crippen LogP contribution in [-0.4, -0.2) is 12.6 Å². The summed E-state index contributed by atoms with van der Waals surface area (Å²) in [5, 5.41) is 3.74. The molecule has 0 radical (unpaired) electrons. The van der Waals surface area contributed by atoms with Gasteiger partial charge in [0.1, 0.15) is 5.82 Å². The topological polar surface area (TPSA) is 12.0 Å². The van der Waals surface area contributed by atoms with Gasteiger partial charge in [0.15, 0.2) is 0 Å². The fourth-order valence-electron chi connectivity index (χ4n) is 4.41. The molecule has 110 valence electrons. The van der Waals surface area contributed by atoms with Crippen molar-refractivity contribution in [1.29, 1.82) is 0 Å². The maximum Gasteiger partial charge on any atom is 0.123 e. The van der Waals surface area contributed by atoms with Gasteiger partial charge in [-0.25, -0.2) is 4.39 Å². The van der Waals surface area contributed by atoms with Gasteiger partial charge in [-0.2, -0.15) is 0 Å². The van der Waals surface area contributed by atoms with Gasteiger partial charge in [0.05, 0.1) is 0 Å². The molecule has 2 saturated carbocycles. The summed E-state index contributed by atoms with van der Waals surface area (Å²) in [7, 11) is 0. The van der Waals surface area contributed by atoms with E-state index in [9.17, 15) is 4.39 Å². The van der Waals surface area contributed by atoms with Crippen molar-refractivity contribution in [2.75, 3.05) is 6.54 Å². The normalized spacial score (nSPS) is 29.8. The molecule has 2 aliphatic carbocycles. The number of hydrogen-bond acceptors (Lipinski definition) is 1. The Morgan fingerprint density at radius 2 is 2.20 bits per heavy atom. The van der Waals surface area contributed by atoms with E-state index >= 15 is 0 Å². The van der Waals surface area contributed by atoms with Crippen LogP contribution >= 0.6 is 0 Å². The lowest BCUT2D eigenvalue weighted by Crippen LogP contribution is -2.40. The lowest BCUT2D eigenvalue weighted by molar-refractivity contribution is 0.247. The molecule has 0 heterocycles. The van der Waals surface area contributed by atoms with Crippen molar-refractivity contribution in [3.63, 3.8) is 0 Å². The standard InChI is InChI=1S/C18H26FN/c1-2-8-20-18(12-13-4-3-5-16(19)10-13)17-11-14-6-7-15(17)9-14/h3-5,10,14-15,17-18,20H,2,6-9,11-12H2,1H3. The molecule has 4 unspecified atom stereocenters. The Morgan fingerprint density at radius 1 is 1.30 bits per heavy atom. The predicted octanol–water partition coefficient (Wildman–Crippen LogP) is 4.17. The highest BCUT2D eigenvalue weighted by molar-refractivity contribution is 5.18. The van der Waals surface area contributed by atoms with Gasteiger partial charge in [0, 0.05) is 6.04 Å². The Labute approximate surface area is 122 Å². The Morgan fingerprint density at radius 3 is 2.85 bits per heavy atom. The van der Waals surface area contributed by atoms with Gasteiger partial charge < -0.3 is 5.32 Å². The van der Waals surface area contributed by atoms with Crippen LogP contribution in [-0.2, 0) is 6.42 Å². The highest BCUT2D eigenvalue weighted by Gasteiger charge is 2.42. The monoisotopic (exact) mass is 275 g/mol. The molecule has 2 aliphatic rings. The van der Waals surface area contributed by atoms with Crippen molar-refractivity contribution in [1.82, 2.24) is 5.32 Å². The van der Waals surface area contributed by atoms with Crippen LogP contribution in [0.5, 0.6) is 0 Å². The van der Waals surface area contributed by atoms with Gasteiger partial charge in [-0.15, -0.1) is 0 Å². The average molecular weight is 275 g/mol. The first-order valence-electron chi connectivity index (χ1n) is 8.24. The zero-order valence-electron chi connectivity index (χ0n) is 12.4. The Bertz CT molecular complexity index is 445. The van der Waals surface area contributed by atoms with Crippen LogP contribution in [0.4, 0.5) is 4.39 Å². The minimum absolute atomic E-state index is 0.107. The Balaban J connectivity index is 1.69. The Hall–Kier alpha value is -0.890. The zero-order chi connectivity index (χ0) is 13.9. The third-order valence-corrected chi connectivity index (χ3v) is 5.31. The van der Waals surface area contributed by atoms with Gasteiger partial charge in [-0.3, -0.25) is 0 Å². The summed E-state index contributed by atoms with van der Waals surface area (Å²) in [5.41, 5.74) is 1.14. The number of nitrogens with one attached hydrogen (secondary N) is 1. The minimum Gasteiger partial charge on any atom is -0.313 e. The molecule has 0 spiro atoms. The SMILES string of the molecule is CCCNC(Cc1cccc(F)c1)C1CC2CCC1C2. The molecular formula is C18H26FN. The summed E-state index contributed by atoms with van der Waals surface area (Å²) in [6, 6.07) is 7.68. The van der Waals surface area contributed by atoms with E-state index in [1.807, 2.05) is 6.07 Å². The van der Waals surface area contributed by atoms with E-state index in [0.717, 1.165) is 36.3 Å². The molecule has 1 nitrogen and oxygen atoms in total. The van der Waals surface area contributed by atoms with Gasteiger partial charge in [-0.05, 0) is 74.1 Å². The highest BCUT2D eigenvalue weighted by atomic mass is 19.1. The first-order chi connectivity index (χ1) is 9.76. The van der Waals surface area contributed by atoms with Crippen molar-refractivity contribution in [3.8, 4) is 0 Å². The van der Waals surface area contributed by atoms with E-state index in [4.69, 9.17) is 0 Å². The molecule has 2 bridgehead atoms. The number of hydrogen-bond donors (Lipinski definition) is 1. The van der Waals surface area contributed by atoms with E-state index in [-0.39, 0.29) is 5.82 Å². The predicted molar refractivity (Wildman–Crippen MR) is 81.1 cm³/mol. The molecule has 2 heteroatoms. The molecule has 0 aliphatic heterocycles. The second kappa shape index (κ2) is 6.26. The van der Waals surface area contributed by atoms with Crippen molar-refractivity contribution >= 4 is 0 Å². The van der Waals surface area contributed by atoms with Gasteiger partial charge in [0.2, 0.25) is 0 Å². The highest BCUT2D eigenvalue weighted by Crippen LogP contribution is 2.49. The summed E-state index contributed by atoms with van der Waals surface area (Å²) >= 11 is 0. The van der Waals surface area contributed by atoms with E-state index in [1.165, 1.54) is 38.2 Å². The molecule has 4 atom stereocenters. The third-order valence-electron chi connectivity index (χ3n) is 5.31. The largest absolute Gasteiger partial charge is 0.313 e. The number of benzene rings is 1. The van der Waals surface area contributed by atoms with Crippen LogP contribution in [0.3, 0.4) is 0 Å². The molecule has 2 fully saturated rings. The second-order valence-corrected chi connectivity index (χ2v) is 6.73. The molecule has 1 aromatic rings.